The van der Waals surface area contributed by atoms with E-state index in [0.29, 0.717) is 0 Å². The van der Waals surface area contributed by atoms with Crippen LogP contribution >= 0.6 is 22.7 Å². The number of thiophene rings is 1. The summed E-state index contributed by atoms with van der Waals surface area (Å²) in [5.41, 5.74) is 1.83. The maximum Gasteiger partial charge on any atom is 0.206 e. The molecule has 0 atom stereocenters. The third-order valence-corrected chi connectivity index (χ3v) is 5.56. The Morgan fingerprint density at radius 1 is 1.11 bits per heavy atom. The quantitative estimate of drug-likeness (QED) is 0.557. The second kappa shape index (κ2) is 8.54. The van der Waals surface area contributed by atoms with Crippen molar-refractivity contribution in [2.24, 2.45) is 10.1 Å². The van der Waals surface area contributed by atoms with Gasteiger partial charge in [-0.05, 0) is 51.1 Å². The van der Waals surface area contributed by atoms with Gasteiger partial charge >= 0.3 is 0 Å². The Balaban J connectivity index is 2.17. The van der Waals surface area contributed by atoms with Crippen molar-refractivity contribution in [2.45, 2.75) is 26.8 Å². The van der Waals surface area contributed by atoms with Gasteiger partial charge in [0.15, 0.2) is 0 Å². The first-order valence-corrected chi connectivity index (χ1v) is 10.3. The number of nitrogens with zero attached hydrogens (tertiary/aromatic N) is 3. The lowest BCUT2D eigenvalue weighted by Gasteiger charge is -2.11. The van der Waals surface area contributed by atoms with E-state index in [4.69, 9.17) is 19.6 Å². The molecule has 0 aliphatic heterocycles. The zero-order valence-electron chi connectivity index (χ0n) is 16.1. The molecule has 0 N–H and O–H groups in total. The van der Waals surface area contributed by atoms with Crippen LogP contribution in [0.25, 0.3) is 11.3 Å². The van der Waals surface area contributed by atoms with E-state index in [1.807, 2.05) is 29.1 Å². The van der Waals surface area contributed by atoms with Gasteiger partial charge in [-0.15, -0.1) is 22.7 Å². The number of ether oxygens (including phenoxy) is 2. The molecule has 0 aliphatic rings. The summed E-state index contributed by atoms with van der Waals surface area (Å²) in [4.78, 5) is 7.92. The Hall–Kier alpha value is -2.38. The van der Waals surface area contributed by atoms with Crippen LogP contribution in [0, 0.1) is 6.92 Å². The van der Waals surface area contributed by atoms with E-state index in [2.05, 4.69) is 38.3 Å². The second-order valence-corrected chi connectivity index (χ2v) is 8.35. The van der Waals surface area contributed by atoms with Gasteiger partial charge in [-0.25, -0.2) is 4.68 Å². The highest BCUT2D eigenvalue weighted by atomic mass is 32.1. The number of hydrogen-bond donors (Lipinski definition) is 0. The molecule has 0 saturated carbocycles. The molecule has 0 bridgehead atoms. The molecule has 142 valence electrons. The number of thiazole rings is 1. The van der Waals surface area contributed by atoms with Crippen LogP contribution in [0.2, 0.25) is 0 Å². The van der Waals surface area contributed by atoms with Gasteiger partial charge in [0.1, 0.15) is 11.5 Å². The standard InChI is InChI=1S/C20H23N3O2S2/c1-13(2)22-20-23(21-11-16-8-6-14(3)27-16)18(12-26-20)17-10-15(24-4)7-9-19(17)25-5/h6-13H,1-5H3. The van der Waals surface area contributed by atoms with Crippen LogP contribution in [0.3, 0.4) is 0 Å². The summed E-state index contributed by atoms with van der Waals surface area (Å²) in [6.45, 7) is 6.20. The molecule has 3 rings (SSSR count). The molecule has 0 radical (unpaired) electrons. The Labute approximate surface area is 167 Å². The van der Waals surface area contributed by atoms with Gasteiger partial charge in [-0.1, -0.05) is 0 Å². The molecule has 0 amide bonds. The zero-order chi connectivity index (χ0) is 19.4. The normalized spacial score (nSPS) is 12.3. The van der Waals surface area contributed by atoms with Gasteiger partial charge < -0.3 is 9.47 Å². The van der Waals surface area contributed by atoms with Crippen LogP contribution in [0.15, 0.2) is 45.8 Å². The molecular formula is C20H23N3O2S2. The fourth-order valence-electron chi connectivity index (χ4n) is 2.56. The maximum absolute atomic E-state index is 5.57. The fourth-order valence-corrected chi connectivity index (χ4v) is 4.26. The average Bonchev–Trinajstić information content (AvgIpc) is 3.24. The Morgan fingerprint density at radius 3 is 2.56 bits per heavy atom. The smallest absolute Gasteiger partial charge is 0.206 e. The summed E-state index contributed by atoms with van der Waals surface area (Å²) in [5.74, 6) is 1.53. The van der Waals surface area contributed by atoms with Crippen molar-refractivity contribution < 1.29 is 9.47 Å². The molecule has 5 nitrogen and oxygen atoms in total. The molecule has 1 aromatic carbocycles. The van der Waals surface area contributed by atoms with E-state index in [1.54, 1.807) is 36.9 Å². The fraction of sp³-hybridized carbons (Fsp3) is 0.300. The molecule has 0 fully saturated rings. The van der Waals surface area contributed by atoms with Crippen LogP contribution in [0.5, 0.6) is 11.5 Å². The SMILES string of the molecule is COc1ccc(OC)c(-c2csc(=NC(C)C)n2N=Cc2ccc(C)s2)c1. The Bertz CT molecular complexity index is 1010. The minimum absolute atomic E-state index is 0.175. The number of hydrogen-bond acceptors (Lipinski definition) is 6. The van der Waals surface area contributed by atoms with Crippen molar-refractivity contribution in [2.75, 3.05) is 14.2 Å². The zero-order valence-corrected chi connectivity index (χ0v) is 17.7. The third-order valence-electron chi connectivity index (χ3n) is 3.80. The van der Waals surface area contributed by atoms with Gasteiger partial charge in [0.05, 0.1) is 26.1 Å². The first-order chi connectivity index (χ1) is 13.0. The lowest BCUT2D eigenvalue weighted by atomic mass is 10.1. The largest absolute Gasteiger partial charge is 0.497 e. The van der Waals surface area contributed by atoms with Crippen LogP contribution in [-0.2, 0) is 0 Å². The minimum atomic E-state index is 0.175. The predicted octanol–water partition coefficient (Wildman–Crippen LogP) is 4.80. The van der Waals surface area contributed by atoms with E-state index in [1.165, 1.54) is 4.88 Å². The molecule has 3 aromatic rings. The number of aromatic nitrogens is 1. The molecule has 2 aromatic heterocycles. The van der Waals surface area contributed by atoms with Crippen molar-refractivity contribution in [1.82, 2.24) is 4.68 Å². The summed E-state index contributed by atoms with van der Waals surface area (Å²) >= 11 is 3.27. The van der Waals surface area contributed by atoms with Gasteiger partial charge in [0, 0.05) is 26.7 Å². The summed E-state index contributed by atoms with van der Waals surface area (Å²) in [5, 5.41) is 6.78. The second-order valence-electron chi connectivity index (χ2n) is 6.20. The molecule has 7 heteroatoms. The van der Waals surface area contributed by atoms with Gasteiger partial charge in [0.25, 0.3) is 0 Å². The van der Waals surface area contributed by atoms with E-state index in [9.17, 15) is 0 Å². The first-order valence-electron chi connectivity index (χ1n) is 8.59. The molecule has 0 saturated heterocycles. The highest BCUT2D eigenvalue weighted by Gasteiger charge is 2.14. The van der Waals surface area contributed by atoms with Gasteiger partial charge in [0.2, 0.25) is 4.80 Å². The monoisotopic (exact) mass is 401 g/mol. The Morgan fingerprint density at radius 2 is 1.93 bits per heavy atom. The van der Waals surface area contributed by atoms with Gasteiger partial charge in [-0.3, -0.25) is 4.99 Å². The summed E-state index contributed by atoms with van der Waals surface area (Å²) in [6.07, 6.45) is 1.87. The highest BCUT2D eigenvalue weighted by Crippen LogP contribution is 2.33. The molecule has 0 spiro atoms. The van der Waals surface area contributed by atoms with Crippen molar-refractivity contribution in [3.05, 3.63) is 50.3 Å². The van der Waals surface area contributed by atoms with Crippen molar-refractivity contribution in [3.8, 4) is 22.8 Å². The molecular weight excluding hydrogens is 378 g/mol. The van der Waals surface area contributed by atoms with E-state index >= 15 is 0 Å². The molecule has 0 unspecified atom stereocenters. The van der Waals surface area contributed by atoms with Crippen LogP contribution in [-0.4, -0.2) is 31.2 Å². The van der Waals surface area contributed by atoms with Crippen molar-refractivity contribution in [3.63, 3.8) is 0 Å². The lowest BCUT2D eigenvalue weighted by molar-refractivity contribution is 0.404. The van der Waals surface area contributed by atoms with Gasteiger partial charge in [-0.2, -0.15) is 5.10 Å². The minimum Gasteiger partial charge on any atom is -0.497 e. The van der Waals surface area contributed by atoms with E-state index < -0.39 is 0 Å². The van der Waals surface area contributed by atoms with Crippen molar-refractivity contribution in [1.29, 1.82) is 0 Å². The number of methoxy groups -OCH3 is 2. The Kier molecular flexibility index (Phi) is 6.13. The van der Waals surface area contributed by atoms with E-state index in [0.717, 1.165) is 32.4 Å². The summed E-state index contributed by atoms with van der Waals surface area (Å²) in [7, 11) is 3.32. The molecule has 2 heterocycles. The highest BCUT2D eigenvalue weighted by molar-refractivity contribution is 7.13. The maximum atomic E-state index is 5.57. The third kappa shape index (κ3) is 4.48. The number of benzene rings is 1. The summed E-state index contributed by atoms with van der Waals surface area (Å²) < 4.78 is 12.8. The number of aryl methyl sites for hydroxylation is 1. The predicted molar refractivity (Wildman–Crippen MR) is 114 cm³/mol. The topological polar surface area (TPSA) is 48.1 Å². The summed E-state index contributed by atoms with van der Waals surface area (Å²) in [6, 6.07) is 10.1. The van der Waals surface area contributed by atoms with Crippen LogP contribution in [0.1, 0.15) is 23.6 Å². The average molecular weight is 402 g/mol. The van der Waals surface area contributed by atoms with Crippen molar-refractivity contribution >= 4 is 28.9 Å². The van der Waals surface area contributed by atoms with Crippen LogP contribution < -0.4 is 14.3 Å². The van der Waals surface area contributed by atoms with E-state index in [-0.39, 0.29) is 6.04 Å². The molecule has 27 heavy (non-hydrogen) atoms. The molecule has 0 aliphatic carbocycles. The number of rotatable bonds is 6. The lowest BCUT2D eigenvalue weighted by Crippen LogP contribution is -2.14. The first kappa shape index (κ1) is 19.4. The van der Waals surface area contributed by atoms with Crippen LogP contribution in [0.4, 0.5) is 0 Å².